The zero-order chi connectivity index (χ0) is 76.0. The molecule has 0 aliphatic carbocycles. The van der Waals surface area contributed by atoms with Gasteiger partial charge in [-0.25, -0.2) is 9.13 Å². The molecule has 0 heterocycles. The van der Waals surface area contributed by atoms with E-state index in [1.165, 1.54) is 231 Å². The molecular formula is C84H164O17P2. The highest BCUT2D eigenvalue weighted by Gasteiger charge is 2.30. The molecule has 0 fully saturated rings. The van der Waals surface area contributed by atoms with Crippen LogP contribution in [0.5, 0.6) is 0 Å². The largest absolute Gasteiger partial charge is 0.472 e. The van der Waals surface area contributed by atoms with Crippen molar-refractivity contribution in [2.45, 2.75) is 453 Å². The third-order valence-electron chi connectivity index (χ3n) is 20.7. The average molecular weight is 1510 g/mol. The van der Waals surface area contributed by atoms with E-state index >= 15 is 0 Å². The van der Waals surface area contributed by atoms with Gasteiger partial charge in [0, 0.05) is 25.7 Å². The molecule has 612 valence electrons. The summed E-state index contributed by atoms with van der Waals surface area (Å²) in [6, 6.07) is 0. The van der Waals surface area contributed by atoms with Crippen LogP contribution in [0.3, 0.4) is 0 Å². The van der Waals surface area contributed by atoms with Gasteiger partial charge in [0.15, 0.2) is 12.2 Å². The van der Waals surface area contributed by atoms with Gasteiger partial charge in [-0.3, -0.25) is 37.3 Å². The summed E-state index contributed by atoms with van der Waals surface area (Å²) in [4.78, 5) is 73.1. The molecule has 0 aliphatic heterocycles. The van der Waals surface area contributed by atoms with E-state index in [-0.39, 0.29) is 25.7 Å². The van der Waals surface area contributed by atoms with Gasteiger partial charge in [0.25, 0.3) is 0 Å². The summed E-state index contributed by atoms with van der Waals surface area (Å²) in [5, 5.41) is 10.7. The van der Waals surface area contributed by atoms with E-state index in [9.17, 15) is 43.2 Å². The fourth-order valence-corrected chi connectivity index (χ4v) is 14.4. The maximum Gasteiger partial charge on any atom is 0.472 e. The minimum atomic E-state index is -4.96. The van der Waals surface area contributed by atoms with Crippen LogP contribution >= 0.6 is 15.6 Å². The fraction of sp³-hybridized carbons (Fsp3) is 0.952. The molecule has 8 atom stereocenters. The molecule has 17 nitrogen and oxygen atoms in total. The Morgan fingerprint density at radius 1 is 0.272 bits per heavy atom. The Hall–Kier alpha value is -1.94. The lowest BCUT2D eigenvalue weighted by Crippen LogP contribution is -2.30. The van der Waals surface area contributed by atoms with Crippen molar-refractivity contribution in [3.63, 3.8) is 0 Å². The lowest BCUT2D eigenvalue weighted by Gasteiger charge is -2.21. The Morgan fingerprint density at radius 2 is 0.466 bits per heavy atom. The van der Waals surface area contributed by atoms with Gasteiger partial charge in [0.05, 0.1) is 26.4 Å². The van der Waals surface area contributed by atoms with Crippen molar-refractivity contribution < 1.29 is 80.2 Å². The molecule has 0 spiro atoms. The number of esters is 4. The number of hydrogen-bond acceptors (Lipinski definition) is 15. The minimum Gasteiger partial charge on any atom is -0.462 e. The molecule has 5 unspecified atom stereocenters. The molecule has 0 aromatic carbocycles. The Kier molecular flexibility index (Phi) is 71.5. The summed E-state index contributed by atoms with van der Waals surface area (Å²) in [5.74, 6) is 1.09. The van der Waals surface area contributed by atoms with Crippen molar-refractivity contribution in [3.8, 4) is 0 Å². The van der Waals surface area contributed by atoms with Crippen molar-refractivity contribution >= 4 is 39.5 Å². The number of hydrogen-bond donors (Lipinski definition) is 3. The van der Waals surface area contributed by atoms with Crippen LogP contribution in [0.2, 0.25) is 0 Å². The van der Waals surface area contributed by atoms with Gasteiger partial charge in [0.2, 0.25) is 0 Å². The summed E-state index contributed by atoms with van der Waals surface area (Å²) in [7, 11) is -9.93. The number of rotatable bonds is 81. The molecule has 0 rings (SSSR count). The second kappa shape index (κ2) is 72.9. The lowest BCUT2D eigenvalue weighted by atomic mass is 9.99. The van der Waals surface area contributed by atoms with E-state index in [4.69, 9.17) is 37.0 Å². The number of carbonyl (C=O) groups excluding carboxylic acids is 4. The van der Waals surface area contributed by atoms with E-state index in [1.807, 2.05) is 0 Å². The van der Waals surface area contributed by atoms with E-state index in [0.29, 0.717) is 25.7 Å². The zero-order valence-electron chi connectivity index (χ0n) is 68.0. The number of phosphoric ester groups is 2. The molecule has 0 amide bonds. The predicted octanol–water partition coefficient (Wildman–Crippen LogP) is 25.2. The molecule has 0 bridgehead atoms. The number of carbonyl (C=O) groups is 4. The molecule has 19 heteroatoms. The second-order valence-electron chi connectivity index (χ2n) is 31.4. The molecule has 0 saturated carbocycles. The Balaban J connectivity index is 5.21. The van der Waals surface area contributed by atoms with E-state index in [1.54, 1.807) is 0 Å². The predicted molar refractivity (Wildman–Crippen MR) is 423 cm³/mol. The number of aliphatic hydroxyl groups is 1. The van der Waals surface area contributed by atoms with E-state index in [2.05, 4.69) is 55.4 Å². The van der Waals surface area contributed by atoms with Crippen LogP contribution in [0.4, 0.5) is 0 Å². The maximum atomic E-state index is 13.1. The van der Waals surface area contributed by atoms with Crippen LogP contribution in [0.25, 0.3) is 0 Å². The van der Waals surface area contributed by atoms with Gasteiger partial charge in [0.1, 0.15) is 19.3 Å². The molecule has 0 aromatic rings. The van der Waals surface area contributed by atoms with Gasteiger partial charge in [-0.05, 0) is 49.4 Å². The normalized spacial score (nSPS) is 14.8. The van der Waals surface area contributed by atoms with Crippen LogP contribution in [-0.4, -0.2) is 96.7 Å². The first-order chi connectivity index (χ1) is 49.7. The first kappa shape index (κ1) is 101. The minimum absolute atomic E-state index is 0.106. The number of unbranched alkanes of at least 4 members (excludes halogenated alkanes) is 44. The average Bonchev–Trinajstić information content (AvgIpc) is 0.921. The van der Waals surface area contributed by atoms with Gasteiger partial charge < -0.3 is 33.8 Å². The smallest absolute Gasteiger partial charge is 0.462 e. The Bertz CT molecular complexity index is 2010. The van der Waals surface area contributed by atoms with Gasteiger partial charge in [-0.15, -0.1) is 0 Å². The van der Waals surface area contributed by atoms with Crippen molar-refractivity contribution in [1.29, 1.82) is 0 Å². The van der Waals surface area contributed by atoms with Crippen molar-refractivity contribution in [1.82, 2.24) is 0 Å². The van der Waals surface area contributed by atoms with Crippen LogP contribution in [0.15, 0.2) is 0 Å². The Morgan fingerprint density at radius 3 is 0.689 bits per heavy atom. The molecule has 0 saturated heterocycles. The summed E-state index contributed by atoms with van der Waals surface area (Å²) in [6.07, 6.45) is 61.0. The monoisotopic (exact) mass is 1510 g/mol. The highest BCUT2D eigenvalue weighted by Crippen LogP contribution is 2.45. The van der Waals surface area contributed by atoms with Crippen LogP contribution in [0.1, 0.15) is 434 Å². The van der Waals surface area contributed by atoms with E-state index < -0.39 is 97.5 Å². The van der Waals surface area contributed by atoms with Gasteiger partial charge in [-0.2, -0.15) is 0 Å². The summed E-state index contributed by atoms with van der Waals surface area (Å²) in [5.41, 5.74) is 0. The first-order valence-electron chi connectivity index (χ1n) is 43.3. The number of ether oxygens (including phenoxy) is 4. The van der Waals surface area contributed by atoms with Crippen LogP contribution in [0, 0.1) is 23.7 Å². The molecule has 0 radical (unpaired) electrons. The third kappa shape index (κ3) is 74.0. The summed E-state index contributed by atoms with van der Waals surface area (Å²) < 4.78 is 68.8. The number of aliphatic hydroxyl groups excluding tert-OH is 1. The maximum absolute atomic E-state index is 13.1. The second-order valence-corrected chi connectivity index (χ2v) is 34.3. The first-order valence-corrected chi connectivity index (χ1v) is 46.3. The summed E-state index contributed by atoms with van der Waals surface area (Å²) >= 11 is 0. The van der Waals surface area contributed by atoms with Crippen molar-refractivity contribution in [2.24, 2.45) is 23.7 Å². The van der Waals surface area contributed by atoms with E-state index in [0.717, 1.165) is 120 Å². The van der Waals surface area contributed by atoms with Crippen molar-refractivity contribution in [2.75, 3.05) is 39.6 Å². The summed E-state index contributed by atoms with van der Waals surface area (Å²) in [6.45, 7) is 14.3. The number of phosphoric acid groups is 2. The van der Waals surface area contributed by atoms with Gasteiger partial charge >= 0.3 is 39.5 Å². The quantitative estimate of drug-likeness (QED) is 0.0222. The van der Waals surface area contributed by atoms with Crippen molar-refractivity contribution in [3.05, 3.63) is 0 Å². The standard InChI is InChI=1S/C84H164O17P2/c1-9-75(6)61-53-45-37-31-24-20-16-14-12-13-15-17-22-26-34-40-50-58-66-83(88)100-79(70-94-81(86)64-56-48-39-33-29-28-30-36-44-52-60-74(4)5)72-98-102(90,91)96-68-78(85)69-97-103(92,93)99-73-80(71-95-82(87)65-57-49-43-42-47-55-63-77(8)11-3)101-84(89)67-59-51-41-35-27-23-19-18-21-25-32-38-46-54-62-76(7)10-2/h74-80,85H,9-73H2,1-8H3,(H,90,91)(H,92,93)/t75?,76?,77?,78-,79-,80-/m1/s1. The SMILES string of the molecule is CCC(C)CCCCCCCCCCCCCCCCCCCCC(=O)O[C@H](COC(=O)CCCCCCCCCCCCC(C)C)COP(=O)(O)OC[C@@H](O)COP(=O)(O)OC[C@@H](COC(=O)CCCCCCCCC(C)CC)OC(=O)CCCCCCCCCCCCCCCCC(C)CC. The molecular weight excluding hydrogens is 1340 g/mol. The topological polar surface area (TPSA) is 237 Å². The molecule has 103 heavy (non-hydrogen) atoms. The van der Waals surface area contributed by atoms with Gasteiger partial charge in [-0.1, -0.05) is 383 Å². The van der Waals surface area contributed by atoms with Crippen LogP contribution in [-0.2, 0) is 65.4 Å². The molecule has 0 aliphatic rings. The highest BCUT2D eigenvalue weighted by molar-refractivity contribution is 7.47. The third-order valence-corrected chi connectivity index (χ3v) is 22.6. The highest BCUT2D eigenvalue weighted by atomic mass is 31.2. The zero-order valence-corrected chi connectivity index (χ0v) is 69.7. The lowest BCUT2D eigenvalue weighted by molar-refractivity contribution is -0.161. The van der Waals surface area contributed by atoms with Crippen LogP contribution < -0.4 is 0 Å². The Labute approximate surface area is 632 Å². The fourth-order valence-electron chi connectivity index (χ4n) is 12.9. The molecule has 3 N–H and O–H groups in total. The molecule has 0 aromatic heterocycles.